The van der Waals surface area contributed by atoms with Gasteiger partial charge >= 0.3 is 0 Å². The van der Waals surface area contributed by atoms with Crippen molar-refractivity contribution in [3.8, 4) is 23.0 Å². The van der Waals surface area contributed by atoms with Gasteiger partial charge in [0.25, 0.3) is 10.0 Å². The van der Waals surface area contributed by atoms with Crippen LogP contribution >= 0.6 is 0 Å². The van der Waals surface area contributed by atoms with Crippen LogP contribution in [0.3, 0.4) is 0 Å². The van der Waals surface area contributed by atoms with E-state index in [1.807, 2.05) is 75.5 Å². The van der Waals surface area contributed by atoms with Crippen LogP contribution in [0.4, 0.5) is 5.69 Å². The van der Waals surface area contributed by atoms with Crippen LogP contribution in [0.15, 0.2) is 102 Å². The number of aliphatic hydroxyl groups excluding tert-OH is 1. The number of anilines is 1. The molecule has 0 saturated carbocycles. The van der Waals surface area contributed by atoms with Crippen molar-refractivity contribution in [2.45, 2.75) is 43.9 Å². The fourth-order valence-electron chi connectivity index (χ4n) is 5.65. The van der Waals surface area contributed by atoms with Crippen molar-refractivity contribution in [3.63, 3.8) is 0 Å². The second kappa shape index (κ2) is 15.5. The number of hydrogen-bond acceptors (Lipinski definition) is 8. The molecule has 0 saturated heterocycles. The number of sulfonamides is 1. The Hall–Kier alpha value is -4.58. The Morgan fingerprint density at radius 1 is 0.979 bits per heavy atom. The second-order valence-corrected chi connectivity index (χ2v) is 13.9. The maximum atomic E-state index is 13.6. The zero-order chi connectivity index (χ0) is 34.3. The van der Waals surface area contributed by atoms with Gasteiger partial charge in [0.2, 0.25) is 5.91 Å². The van der Waals surface area contributed by atoms with Crippen molar-refractivity contribution in [2.75, 3.05) is 38.6 Å². The number of methoxy groups -OCH3 is 1. The Bertz CT molecular complexity index is 1770. The van der Waals surface area contributed by atoms with E-state index in [9.17, 15) is 18.3 Å². The summed E-state index contributed by atoms with van der Waals surface area (Å²) in [4.78, 5) is 17.6. The predicted molar refractivity (Wildman–Crippen MR) is 185 cm³/mol. The highest BCUT2D eigenvalue weighted by atomic mass is 32.2. The molecule has 0 aliphatic carbocycles. The third kappa shape index (κ3) is 8.85. The van der Waals surface area contributed by atoms with E-state index in [-0.39, 0.29) is 35.9 Å². The summed E-state index contributed by atoms with van der Waals surface area (Å²) in [6, 6.07) is 28.3. The van der Waals surface area contributed by atoms with Gasteiger partial charge < -0.3 is 24.2 Å². The van der Waals surface area contributed by atoms with E-state index in [0.717, 1.165) is 17.1 Å². The Balaban J connectivity index is 1.34. The summed E-state index contributed by atoms with van der Waals surface area (Å²) < 4.78 is 46.7. The minimum atomic E-state index is -3.90. The van der Waals surface area contributed by atoms with Crippen molar-refractivity contribution >= 4 is 21.6 Å². The zero-order valence-corrected chi connectivity index (χ0v) is 28.5. The van der Waals surface area contributed by atoms with Crippen LogP contribution in [0.25, 0.3) is 0 Å². The number of carbonyl (C=O) groups excluding carboxylic acids is 1. The molecule has 4 aromatic rings. The van der Waals surface area contributed by atoms with Gasteiger partial charge in [0, 0.05) is 36.8 Å². The highest BCUT2D eigenvalue weighted by molar-refractivity contribution is 7.92. The number of fused-ring (bicyclic) bond motifs is 1. The highest BCUT2D eigenvalue weighted by Crippen LogP contribution is 2.31. The van der Waals surface area contributed by atoms with Crippen LogP contribution in [0.1, 0.15) is 25.0 Å². The number of benzene rings is 4. The second-order valence-electron chi connectivity index (χ2n) is 12.2. The van der Waals surface area contributed by atoms with Crippen molar-refractivity contribution in [2.24, 2.45) is 5.92 Å². The minimum absolute atomic E-state index is 0.00947. The molecular formula is C37H43N3O7S. The first kappa shape index (κ1) is 34.7. The van der Waals surface area contributed by atoms with Crippen LogP contribution < -0.4 is 18.9 Å². The summed E-state index contributed by atoms with van der Waals surface area (Å²) in [5.74, 6) is 2.34. The van der Waals surface area contributed by atoms with E-state index in [1.54, 1.807) is 35.2 Å². The van der Waals surface area contributed by atoms with Gasteiger partial charge in [-0.1, -0.05) is 37.3 Å². The molecule has 0 bridgehead atoms. The number of likely N-dealkylation sites (N-methyl/N-ethyl adjacent to an activating group) is 1. The molecule has 3 atom stereocenters. The molecule has 0 spiro atoms. The Labute approximate surface area is 282 Å². The minimum Gasteiger partial charge on any atom is -0.497 e. The maximum Gasteiger partial charge on any atom is 0.261 e. The standard InChI is InChI=1S/C37H43N3O7S/c1-26-22-40(27(2)25-41)37(42)21-29-20-30(38-48(43,44)34-17-15-31(45-4)16-18-34)12-19-35(29)47-36(26)24-39(3)23-28-10-13-33(14-11-28)46-32-8-6-5-7-9-32/h5-20,26-27,36,38,41H,21-25H2,1-4H3/t26-,27-,36-/m1/s1. The first-order valence-electron chi connectivity index (χ1n) is 15.9. The van der Waals surface area contributed by atoms with E-state index in [0.29, 0.717) is 42.4 Å². The third-order valence-electron chi connectivity index (χ3n) is 8.38. The average Bonchev–Trinajstić information content (AvgIpc) is 3.12. The lowest BCUT2D eigenvalue weighted by atomic mass is 10.0. The third-order valence-corrected chi connectivity index (χ3v) is 9.78. The first-order valence-corrected chi connectivity index (χ1v) is 17.4. The number of hydrogen-bond donors (Lipinski definition) is 2. The van der Waals surface area contributed by atoms with Gasteiger partial charge in [0.1, 0.15) is 29.1 Å². The van der Waals surface area contributed by atoms with E-state index in [2.05, 4.69) is 9.62 Å². The lowest BCUT2D eigenvalue weighted by Gasteiger charge is -2.34. The van der Waals surface area contributed by atoms with E-state index >= 15 is 0 Å². The Morgan fingerprint density at radius 3 is 2.31 bits per heavy atom. The largest absolute Gasteiger partial charge is 0.497 e. The topological polar surface area (TPSA) is 118 Å². The fourth-order valence-corrected chi connectivity index (χ4v) is 6.70. The number of ether oxygens (including phenoxy) is 3. The highest BCUT2D eigenvalue weighted by Gasteiger charge is 2.31. The molecule has 2 N–H and O–H groups in total. The van der Waals surface area contributed by atoms with Gasteiger partial charge in [-0.05, 0) is 86.3 Å². The Morgan fingerprint density at radius 2 is 1.65 bits per heavy atom. The van der Waals surface area contributed by atoms with Gasteiger partial charge in [0.05, 0.1) is 31.1 Å². The monoisotopic (exact) mass is 673 g/mol. The number of nitrogens with zero attached hydrogens (tertiary/aromatic N) is 2. The SMILES string of the molecule is COc1ccc(S(=O)(=O)Nc2ccc3c(c2)CC(=O)N([C@H](C)CO)C[C@@H](C)[C@@H](CN(C)Cc2ccc(Oc4ccccc4)cc2)O3)cc1. The molecule has 254 valence electrons. The average molecular weight is 674 g/mol. The molecule has 1 aliphatic heterocycles. The molecule has 1 aliphatic rings. The van der Waals surface area contributed by atoms with Gasteiger partial charge in [-0.3, -0.25) is 14.4 Å². The van der Waals surface area contributed by atoms with Crippen LogP contribution in [0, 0.1) is 5.92 Å². The molecule has 11 heteroatoms. The zero-order valence-electron chi connectivity index (χ0n) is 27.7. The van der Waals surface area contributed by atoms with Gasteiger partial charge in [-0.15, -0.1) is 0 Å². The maximum absolute atomic E-state index is 13.6. The van der Waals surface area contributed by atoms with Crippen molar-refractivity contribution < 1.29 is 32.5 Å². The smallest absolute Gasteiger partial charge is 0.261 e. The van der Waals surface area contributed by atoms with Gasteiger partial charge in [0.15, 0.2) is 0 Å². The summed E-state index contributed by atoms with van der Waals surface area (Å²) in [7, 11) is -0.369. The number of amides is 1. The van der Waals surface area contributed by atoms with Crippen molar-refractivity contribution in [3.05, 3.63) is 108 Å². The van der Waals surface area contributed by atoms with Gasteiger partial charge in [-0.25, -0.2) is 8.42 Å². The first-order chi connectivity index (χ1) is 23.0. The summed E-state index contributed by atoms with van der Waals surface area (Å²) in [6.45, 7) is 5.30. The number of rotatable bonds is 12. The molecule has 48 heavy (non-hydrogen) atoms. The summed E-state index contributed by atoms with van der Waals surface area (Å²) >= 11 is 0. The van der Waals surface area contributed by atoms with Gasteiger partial charge in [-0.2, -0.15) is 0 Å². The van der Waals surface area contributed by atoms with E-state index < -0.39 is 16.1 Å². The molecule has 4 aromatic carbocycles. The molecule has 0 aromatic heterocycles. The van der Waals surface area contributed by atoms with E-state index in [1.165, 1.54) is 19.2 Å². The lowest BCUT2D eigenvalue weighted by molar-refractivity contribution is -0.134. The van der Waals surface area contributed by atoms with Crippen LogP contribution in [-0.4, -0.2) is 75.2 Å². The molecular weight excluding hydrogens is 630 g/mol. The Kier molecular flexibility index (Phi) is 11.3. The molecule has 10 nitrogen and oxygen atoms in total. The summed E-state index contributed by atoms with van der Waals surface area (Å²) in [5.41, 5.74) is 1.97. The van der Waals surface area contributed by atoms with E-state index in [4.69, 9.17) is 14.2 Å². The van der Waals surface area contributed by atoms with Crippen LogP contribution in [0.2, 0.25) is 0 Å². The normalized spacial score (nSPS) is 17.4. The van der Waals surface area contributed by atoms with Crippen LogP contribution in [-0.2, 0) is 27.8 Å². The molecule has 1 amide bonds. The molecule has 0 radical (unpaired) electrons. The molecule has 5 rings (SSSR count). The molecule has 1 heterocycles. The number of aliphatic hydroxyl groups is 1. The number of para-hydroxylation sites is 1. The predicted octanol–water partition coefficient (Wildman–Crippen LogP) is 5.57. The quantitative estimate of drug-likeness (QED) is 0.201. The number of nitrogens with one attached hydrogen (secondary N) is 1. The van der Waals surface area contributed by atoms with Crippen LogP contribution in [0.5, 0.6) is 23.0 Å². The molecule has 0 fully saturated rings. The fraction of sp³-hybridized carbons (Fsp3) is 0.324. The van der Waals surface area contributed by atoms with Crippen molar-refractivity contribution in [1.82, 2.24) is 9.80 Å². The molecule has 0 unspecified atom stereocenters. The number of carbonyl (C=O) groups is 1. The summed E-state index contributed by atoms with van der Waals surface area (Å²) in [6.07, 6.45) is -0.319. The summed E-state index contributed by atoms with van der Waals surface area (Å²) in [5, 5.41) is 9.98. The lowest BCUT2D eigenvalue weighted by Crippen LogP contribution is -2.47. The van der Waals surface area contributed by atoms with Crippen molar-refractivity contribution in [1.29, 1.82) is 0 Å².